The minimum atomic E-state index is -1.02. The number of nitrogens with one attached hydrogen (secondary N) is 1. The van der Waals surface area contributed by atoms with E-state index >= 15 is 0 Å². The molecule has 2 rings (SSSR count). The Morgan fingerprint density at radius 2 is 2.39 bits per heavy atom. The summed E-state index contributed by atoms with van der Waals surface area (Å²) in [4.78, 5) is 24.3. The summed E-state index contributed by atoms with van der Waals surface area (Å²) in [5.41, 5.74) is 0.135. The Balaban J connectivity index is 1.90. The lowest BCUT2D eigenvalue weighted by Gasteiger charge is -2.48. The van der Waals surface area contributed by atoms with Crippen LogP contribution in [0, 0.1) is 0 Å². The fraction of sp³-hybridized carbons (Fsp3) is 0.667. The molecule has 0 aliphatic carbocycles. The first-order chi connectivity index (χ1) is 8.66. The van der Waals surface area contributed by atoms with Crippen LogP contribution in [0.1, 0.15) is 26.2 Å². The first-order valence-corrected chi connectivity index (χ1v) is 7.33. The van der Waals surface area contributed by atoms with Gasteiger partial charge in [0, 0.05) is 5.75 Å². The molecule has 1 saturated heterocycles. The predicted molar refractivity (Wildman–Crippen MR) is 70.1 cm³/mol. The summed E-state index contributed by atoms with van der Waals surface area (Å²) in [7, 11) is 0. The first-order valence-electron chi connectivity index (χ1n) is 6.28. The highest BCUT2D eigenvalue weighted by Gasteiger charge is 2.51. The monoisotopic (exact) mass is 270 g/mol. The zero-order chi connectivity index (χ0) is 13.1. The van der Waals surface area contributed by atoms with Crippen molar-refractivity contribution in [3.8, 4) is 0 Å². The zero-order valence-corrected chi connectivity index (χ0v) is 11.2. The van der Waals surface area contributed by atoms with Crippen LogP contribution < -0.4 is 5.32 Å². The topological polar surface area (TPSA) is 69.6 Å². The van der Waals surface area contributed by atoms with Crippen LogP contribution in [0.3, 0.4) is 0 Å². The van der Waals surface area contributed by atoms with Crippen molar-refractivity contribution >= 4 is 23.6 Å². The fourth-order valence-electron chi connectivity index (χ4n) is 2.23. The minimum absolute atomic E-state index is 0.0461. The third-order valence-corrected chi connectivity index (χ3v) is 4.39. The number of carbonyl (C=O) groups excluding carboxylic acids is 1. The van der Waals surface area contributed by atoms with Gasteiger partial charge in [-0.3, -0.25) is 9.69 Å². The molecule has 100 valence electrons. The van der Waals surface area contributed by atoms with Crippen molar-refractivity contribution in [2.24, 2.45) is 0 Å². The lowest BCUT2D eigenvalue weighted by molar-refractivity contribution is -0.149. The zero-order valence-electron chi connectivity index (χ0n) is 10.4. The highest BCUT2D eigenvalue weighted by atomic mass is 32.2. The fourth-order valence-corrected chi connectivity index (χ4v) is 3.45. The molecule has 0 unspecified atom stereocenters. The molecule has 0 radical (unpaired) electrons. The standard InChI is InChI=1S/C12H18N2O3S/c1-2-3-4-6-13-9-10(15)14-8(12(16)17)5-7-18-11(9)14/h5,9,11,13H,2-4,6-7H2,1H3,(H,16,17)/t9-,11-/m1/s1. The van der Waals surface area contributed by atoms with E-state index in [1.165, 1.54) is 4.90 Å². The Morgan fingerprint density at radius 3 is 3.06 bits per heavy atom. The van der Waals surface area contributed by atoms with Gasteiger partial charge in [0.05, 0.1) is 0 Å². The van der Waals surface area contributed by atoms with E-state index in [9.17, 15) is 9.59 Å². The van der Waals surface area contributed by atoms with Gasteiger partial charge < -0.3 is 10.4 Å². The van der Waals surface area contributed by atoms with Crippen molar-refractivity contribution in [2.75, 3.05) is 12.3 Å². The number of hydrogen-bond acceptors (Lipinski definition) is 4. The summed E-state index contributed by atoms with van der Waals surface area (Å²) < 4.78 is 0. The number of carboxylic acids is 1. The van der Waals surface area contributed by atoms with Gasteiger partial charge in [-0.25, -0.2) is 4.79 Å². The van der Waals surface area contributed by atoms with Crippen LogP contribution in [-0.4, -0.2) is 45.6 Å². The molecular formula is C12H18N2O3S. The Bertz CT molecular complexity index is 384. The number of hydrogen-bond donors (Lipinski definition) is 2. The number of nitrogens with zero attached hydrogens (tertiary/aromatic N) is 1. The van der Waals surface area contributed by atoms with Crippen LogP contribution in [0.15, 0.2) is 11.8 Å². The molecule has 1 amide bonds. The molecule has 0 bridgehead atoms. The molecule has 0 aromatic rings. The van der Waals surface area contributed by atoms with E-state index in [1.807, 2.05) is 0 Å². The lowest BCUT2D eigenvalue weighted by atomic mass is 10.0. The van der Waals surface area contributed by atoms with Crippen LogP contribution in [0.5, 0.6) is 0 Å². The van der Waals surface area contributed by atoms with E-state index < -0.39 is 5.97 Å². The Hall–Kier alpha value is -1.01. The largest absolute Gasteiger partial charge is 0.477 e. The predicted octanol–water partition coefficient (Wildman–Crippen LogP) is 1.02. The van der Waals surface area contributed by atoms with E-state index in [0.717, 1.165) is 25.8 Å². The third-order valence-electron chi connectivity index (χ3n) is 3.21. The normalized spacial score (nSPS) is 26.4. The minimum Gasteiger partial charge on any atom is -0.477 e. The van der Waals surface area contributed by atoms with Gasteiger partial charge in [-0.2, -0.15) is 0 Å². The molecule has 0 aromatic carbocycles. The second kappa shape index (κ2) is 5.75. The first kappa shape index (κ1) is 13.4. The SMILES string of the molecule is CCCCCN[C@@H]1C(=O)N2C(C(=O)O)=CCS[C@H]12. The quantitative estimate of drug-likeness (QED) is 0.557. The van der Waals surface area contributed by atoms with Crippen LogP contribution in [-0.2, 0) is 9.59 Å². The van der Waals surface area contributed by atoms with Gasteiger partial charge in [0.15, 0.2) is 0 Å². The van der Waals surface area contributed by atoms with Crippen LogP contribution in [0.4, 0.5) is 0 Å². The summed E-state index contributed by atoms with van der Waals surface area (Å²) in [5, 5.41) is 12.2. The molecule has 2 atom stereocenters. The summed E-state index contributed by atoms with van der Waals surface area (Å²) in [6.45, 7) is 2.96. The molecule has 1 fully saturated rings. The average molecular weight is 270 g/mol. The number of unbranched alkanes of at least 4 members (excludes halogenated alkanes) is 2. The van der Waals surface area contributed by atoms with Crippen LogP contribution in [0.25, 0.3) is 0 Å². The number of thioether (sulfide) groups is 1. The smallest absolute Gasteiger partial charge is 0.352 e. The molecule has 2 heterocycles. The summed E-state index contributed by atoms with van der Waals surface area (Å²) >= 11 is 1.61. The van der Waals surface area contributed by atoms with Gasteiger partial charge in [-0.05, 0) is 19.0 Å². The van der Waals surface area contributed by atoms with E-state index in [4.69, 9.17) is 5.11 Å². The molecular weight excluding hydrogens is 252 g/mol. The second-order valence-electron chi connectivity index (χ2n) is 4.47. The summed E-state index contributed by atoms with van der Waals surface area (Å²) in [6, 6.07) is -0.213. The van der Waals surface area contributed by atoms with Gasteiger partial charge >= 0.3 is 5.97 Å². The molecule has 18 heavy (non-hydrogen) atoms. The van der Waals surface area contributed by atoms with Crippen LogP contribution >= 0.6 is 11.8 Å². The second-order valence-corrected chi connectivity index (χ2v) is 5.62. The van der Waals surface area contributed by atoms with Gasteiger partial charge in [-0.1, -0.05) is 19.8 Å². The van der Waals surface area contributed by atoms with E-state index in [1.54, 1.807) is 17.8 Å². The van der Waals surface area contributed by atoms with Gasteiger partial charge in [0.25, 0.3) is 0 Å². The molecule has 0 aromatic heterocycles. The molecule has 2 aliphatic rings. The Labute approximate surface area is 111 Å². The molecule has 2 N–H and O–H groups in total. The van der Waals surface area contributed by atoms with Crippen molar-refractivity contribution in [1.82, 2.24) is 10.2 Å². The lowest BCUT2D eigenvalue weighted by Crippen LogP contribution is -2.69. The van der Waals surface area contributed by atoms with Crippen molar-refractivity contribution < 1.29 is 14.7 Å². The van der Waals surface area contributed by atoms with E-state index in [2.05, 4.69) is 12.2 Å². The summed E-state index contributed by atoms with van der Waals surface area (Å²) in [5.74, 6) is -0.473. The number of fused-ring (bicyclic) bond motifs is 1. The third kappa shape index (κ3) is 2.40. The molecule has 2 aliphatic heterocycles. The van der Waals surface area contributed by atoms with Crippen molar-refractivity contribution in [2.45, 2.75) is 37.6 Å². The average Bonchev–Trinajstić information content (AvgIpc) is 2.37. The number of rotatable bonds is 6. The number of amides is 1. The molecule has 6 heteroatoms. The van der Waals surface area contributed by atoms with Crippen LogP contribution in [0.2, 0.25) is 0 Å². The number of aliphatic carboxylic acids is 1. The van der Waals surface area contributed by atoms with Crippen molar-refractivity contribution in [3.63, 3.8) is 0 Å². The maximum atomic E-state index is 11.9. The van der Waals surface area contributed by atoms with Crippen molar-refractivity contribution in [3.05, 3.63) is 11.8 Å². The Morgan fingerprint density at radius 1 is 1.61 bits per heavy atom. The highest BCUT2D eigenvalue weighted by molar-refractivity contribution is 8.00. The number of β-lactam (4-membered cyclic amide) rings is 1. The molecule has 5 nitrogen and oxygen atoms in total. The summed E-state index contributed by atoms with van der Waals surface area (Å²) in [6.07, 6.45) is 4.96. The van der Waals surface area contributed by atoms with Gasteiger partial charge in [0.1, 0.15) is 17.1 Å². The van der Waals surface area contributed by atoms with E-state index in [-0.39, 0.29) is 23.0 Å². The molecule has 0 spiro atoms. The molecule has 0 saturated carbocycles. The number of carboxylic acid groups (broad SMARTS) is 1. The van der Waals surface area contributed by atoms with Gasteiger partial charge in [0.2, 0.25) is 5.91 Å². The maximum absolute atomic E-state index is 11.9. The number of carbonyl (C=O) groups is 2. The highest BCUT2D eigenvalue weighted by Crippen LogP contribution is 2.37. The van der Waals surface area contributed by atoms with E-state index in [0.29, 0.717) is 5.75 Å². The van der Waals surface area contributed by atoms with Crippen molar-refractivity contribution in [1.29, 1.82) is 0 Å². The Kier molecular flexibility index (Phi) is 4.29. The maximum Gasteiger partial charge on any atom is 0.352 e. The van der Waals surface area contributed by atoms with Gasteiger partial charge in [-0.15, -0.1) is 11.8 Å².